The van der Waals surface area contributed by atoms with Gasteiger partial charge < -0.3 is 20.7 Å². The zero-order chi connectivity index (χ0) is 26.7. The Bertz CT molecular complexity index is 1370. The fourth-order valence-electron chi connectivity index (χ4n) is 6.53. The van der Waals surface area contributed by atoms with Crippen molar-refractivity contribution in [2.75, 3.05) is 35.6 Å². The lowest BCUT2D eigenvalue weighted by Gasteiger charge is -2.40. The first-order chi connectivity index (χ1) is 18.1. The van der Waals surface area contributed by atoms with Gasteiger partial charge in [0.2, 0.25) is 0 Å². The van der Waals surface area contributed by atoms with Crippen molar-refractivity contribution in [3.05, 3.63) is 52.3 Å². The molecule has 2 aliphatic heterocycles. The summed E-state index contributed by atoms with van der Waals surface area (Å²) in [5, 5.41) is 4.31. The van der Waals surface area contributed by atoms with Crippen LogP contribution in [0.25, 0.3) is 10.9 Å². The van der Waals surface area contributed by atoms with E-state index in [2.05, 4.69) is 16.3 Å². The number of piperidine rings is 1. The summed E-state index contributed by atoms with van der Waals surface area (Å²) in [5.41, 5.74) is 10.5. The first-order valence-electron chi connectivity index (χ1n) is 13.6. The highest BCUT2D eigenvalue weighted by Gasteiger charge is 2.39. The maximum atomic E-state index is 13.4. The Labute approximate surface area is 220 Å². The van der Waals surface area contributed by atoms with Crippen molar-refractivity contribution in [1.82, 2.24) is 9.97 Å². The summed E-state index contributed by atoms with van der Waals surface area (Å²) in [4.78, 5) is 12.0. The van der Waals surface area contributed by atoms with Gasteiger partial charge >= 0.3 is 6.18 Å². The van der Waals surface area contributed by atoms with Crippen molar-refractivity contribution < 1.29 is 17.9 Å². The molecule has 6 rings (SSSR count). The van der Waals surface area contributed by atoms with Crippen molar-refractivity contribution in [3.63, 3.8) is 0 Å². The number of benzene rings is 2. The van der Waals surface area contributed by atoms with Crippen LogP contribution in [-0.2, 0) is 23.8 Å². The Morgan fingerprint density at radius 2 is 1.79 bits per heavy atom. The minimum atomic E-state index is -4.46. The molecule has 3 aliphatic rings. The van der Waals surface area contributed by atoms with E-state index in [4.69, 9.17) is 20.4 Å². The number of nitrogens with one attached hydrogen (secondary N) is 1. The van der Waals surface area contributed by atoms with E-state index in [-0.39, 0.29) is 11.3 Å². The zero-order valence-corrected chi connectivity index (χ0v) is 21.9. The number of halogens is 3. The Hall–Kier alpha value is -3.07. The van der Waals surface area contributed by atoms with Crippen LogP contribution in [-0.4, -0.2) is 35.3 Å². The van der Waals surface area contributed by atoms with Crippen LogP contribution in [0.1, 0.15) is 73.1 Å². The third kappa shape index (κ3) is 4.55. The van der Waals surface area contributed by atoms with E-state index in [0.29, 0.717) is 17.2 Å². The fourth-order valence-corrected chi connectivity index (χ4v) is 6.53. The van der Waals surface area contributed by atoms with E-state index >= 15 is 0 Å². The van der Waals surface area contributed by atoms with E-state index in [0.717, 1.165) is 87.7 Å². The predicted molar refractivity (Wildman–Crippen MR) is 144 cm³/mol. The van der Waals surface area contributed by atoms with Gasteiger partial charge in [0, 0.05) is 36.5 Å². The zero-order valence-electron chi connectivity index (χ0n) is 21.9. The molecule has 1 spiro atoms. The van der Waals surface area contributed by atoms with Crippen LogP contribution in [0, 0.1) is 6.92 Å². The molecule has 0 radical (unpaired) electrons. The average Bonchev–Trinajstić information content (AvgIpc) is 3.54. The van der Waals surface area contributed by atoms with Crippen LogP contribution >= 0.6 is 0 Å². The second-order valence-electron chi connectivity index (χ2n) is 11.1. The van der Waals surface area contributed by atoms with Crippen LogP contribution in [0.3, 0.4) is 0 Å². The van der Waals surface area contributed by atoms with Crippen LogP contribution in [0.2, 0.25) is 0 Å². The van der Waals surface area contributed by atoms with Crippen molar-refractivity contribution >= 4 is 28.1 Å². The lowest BCUT2D eigenvalue weighted by Crippen LogP contribution is -2.44. The number of hydrogen-bond donors (Lipinski definition) is 2. The molecule has 0 bridgehead atoms. The van der Waals surface area contributed by atoms with E-state index in [1.807, 2.05) is 13.8 Å². The molecular weight excluding hydrogens is 491 g/mol. The normalized spacial score (nSPS) is 19.8. The van der Waals surface area contributed by atoms with Gasteiger partial charge in [-0.2, -0.15) is 13.2 Å². The molecule has 3 heterocycles. The van der Waals surface area contributed by atoms with Gasteiger partial charge in [-0.25, -0.2) is 9.97 Å². The number of nitrogens with two attached hydrogens (primary N) is 1. The van der Waals surface area contributed by atoms with Gasteiger partial charge in [-0.15, -0.1) is 0 Å². The van der Waals surface area contributed by atoms with Crippen LogP contribution in [0.15, 0.2) is 24.3 Å². The van der Waals surface area contributed by atoms with Crippen LogP contribution < -0.4 is 16.0 Å². The molecule has 2 fully saturated rings. The van der Waals surface area contributed by atoms with Crippen LogP contribution in [0.4, 0.5) is 30.4 Å². The molecular formula is C29H34F3N5O. The van der Waals surface area contributed by atoms with E-state index in [9.17, 15) is 13.2 Å². The molecule has 0 unspecified atom stereocenters. The highest BCUT2D eigenvalue weighted by Crippen LogP contribution is 2.43. The van der Waals surface area contributed by atoms with Gasteiger partial charge in [-0.3, -0.25) is 0 Å². The highest BCUT2D eigenvalue weighted by molar-refractivity contribution is 5.96. The average molecular weight is 526 g/mol. The Balaban J connectivity index is 1.37. The summed E-state index contributed by atoms with van der Waals surface area (Å²) >= 11 is 0. The number of aryl methyl sites for hydroxylation is 2. The maximum Gasteiger partial charge on any atom is 0.416 e. The molecule has 6 nitrogen and oxygen atoms in total. The number of nitrogen functional groups attached to an aromatic ring is 1. The SMILES string of the molecule is Cc1nc(N[C@H](C)c2cc(N)cc(C(F)(F)F)c2)c2cc(N3CCC4(CCCO4)CC3)c3c(c2n1)CCC3. The van der Waals surface area contributed by atoms with Gasteiger partial charge in [0.05, 0.1) is 22.7 Å². The summed E-state index contributed by atoms with van der Waals surface area (Å²) in [6, 6.07) is 5.46. The Morgan fingerprint density at radius 1 is 1.03 bits per heavy atom. The first-order valence-corrected chi connectivity index (χ1v) is 13.6. The number of hydrogen-bond acceptors (Lipinski definition) is 6. The summed E-state index contributed by atoms with van der Waals surface area (Å²) in [6.45, 7) is 6.46. The topological polar surface area (TPSA) is 76.3 Å². The third-order valence-electron chi connectivity index (χ3n) is 8.51. The number of rotatable bonds is 4. The van der Waals surface area contributed by atoms with Gasteiger partial charge in [0.15, 0.2) is 0 Å². The smallest absolute Gasteiger partial charge is 0.399 e. The lowest BCUT2D eigenvalue weighted by molar-refractivity contribution is -0.137. The Kier molecular flexibility index (Phi) is 6.17. The monoisotopic (exact) mass is 525 g/mol. The van der Waals surface area contributed by atoms with E-state index < -0.39 is 17.8 Å². The largest absolute Gasteiger partial charge is 0.416 e. The number of alkyl halides is 3. The van der Waals surface area contributed by atoms with Gasteiger partial charge in [-0.1, -0.05) is 0 Å². The number of nitrogens with zero attached hydrogens (tertiary/aromatic N) is 3. The maximum absolute atomic E-state index is 13.4. The lowest BCUT2D eigenvalue weighted by atomic mass is 9.88. The molecule has 9 heteroatoms. The predicted octanol–water partition coefficient (Wildman–Crippen LogP) is 6.35. The number of anilines is 3. The van der Waals surface area contributed by atoms with Crippen molar-refractivity contribution in [3.8, 4) is 0 Å². The molecule has 1 aliphatic carbocycles. The second-order valence-corrected chi connectivity index (χ2v) is 11.1. The van der Waals surface area contributed by atoms with Crippen molar-refractivity contribution in [1.29, 1.82) is 0 Å². The van der Waals surface area contributed by atoms with Crippen molar-refractivity contribution in [2.24, 2.45) is 0 Å². The molecule has 0 amide bonds. The second kappa shape index (κ2) is 9.29. The highest BCUT2D eigenvalue weighted by atomic mass is 19.4. The standard InChI is InChI=1S/C29H34F3N5O/c1-17(19-13-20(29(30,31)32)15-21(33)14-19)34-27-24-16-25(37-10-8-28(9-11-37)7-4-12-38-28)22-5-3-6-23(22)26(24)35-18(2)36-27/h13-17H,3-12,33H2,1-2H3,(H,34,35,36)/t17-/m1/s1. The van der Waals surface area contributed by atoms with E-state index in [1.165, 1.54) is 16.8 Å². The fraction of sp³-hybridized carbons (Fsp3) is 0.517. The molecule has 38 heavy (non-hydrogen) atoms. The van der Waals surface area contributed by atoms with Crippen LogP contribution in [0.5, 0.6) is 0 Å². The molecule has 0 saturated carbocycles. The molecule has 2 aromatic carbocycles. The summed E-state index contributed by atoms with van der Waals surface area (Å²) in [6.07, 6.45) is 2.98. The quantitative estimate of drug-likeness (QED) is 0.387. The molecule has 3 N–H and O–H groups in total. The molecule has 202 valence electrons. The number of aromatic nitrogens is 2. The minimum Gasteiger partial charge on any atom is -0.399 e. The molecule has 2 saturated heterocycles. The molecule has 1 aromatic heterocycles. The first kappa shape index (κ1) is 25.2. The number of fused-ring (bicyclic) bond motifs is 3. The van der Waals surface area contributed by atoms with Gasteiger partial charge in [-0.05, 0) is 99.7 Å². The summed E-state index contributed by atoms with van der Waals surface area (Å²) in [5.74, 6) is 1.27. The molecule has 3 aromatic rings. The minimum absolute atomic E-state index is 0.0473. The van der Waals surface area contributed by atoms with Crippen molar-refractivity contribution in [2.45, 2.75) is 76.6 Å². The number of ether oxygens (including phenoxy) is 1. The summed E-state index contributed by atoms with van der Waals surface area (Å²) < 4.78 is 46.5. The summed E-state index contributed by atoms with van der Waals surface area (Å²) in [7, 11) is 0. The van der Waals surface area contributed by atoms with E-state index in [1.54, 1.807) is 6.07 Å². The van der Waals surface area contributed by atoms with Gasteiger partial charge in [0.25, 0.3) is 0 Å². The van der Waals surface area contributed by atoms with Gasteiger partial charge in [0.1, 0.15) is 11.6 Å². The molecule has 1 atom stereocenters. The Morgan fingerprint density at radius 3 is 2.50 bits per heavy atom. The third-order valence-corrected chi connectivity index (χ3v) is 8.51.